The van der Waals surface area contributed by atoms with E-state index in [4.69, 9.17) is 18.9 Å². The van der Waals surface area contributed by atoms with Crippen molar-refractivity contribution in [2.75, 3.05) is 26.4 Å². The van der Waals surface area contributed by atoms with Gasteiger partial charge in [-0.05, 0) is 128 Å². The summed E-state index contributed by atoms with van der Waals surface area (Å²) in [5.74, 6) is 0.601. The highest BCUT2D eigenvalue weighted by Gasteiger charge is 2.73. The van der Waals surface area contributed by atoms with Crippen molar-refractivity contribution in [3.63, 3.8) is 0 Å². The van der Waals surface area contributed by atoms with Gasteiger partial charge in [-0.15, -0.1) is 0 Å². The van der Waals surface area contributed by atoms with E-state index in [1.165, 1.54) is 13.8 Å². The Bertz CT molecular complexity index is 1260. The summed E-state index contributed by atoms with van der Waals surface area (Å²) >= 11 is 0. The average molecular weight is 657 g/mol. The van der Waals surface area contributed by atoms with Gasteiger partial charge < -0.3 is 24.1 Å². The normalized spacial score (nSPS) is 47.1. The highest BCUT2D eigenvalue weighted by atomic mass is 16.6. The summed E-state index contributed by atoms with van der Waals surface area (Å²) in [6.45, 7) is 18.3. The van der Waals surface area contributed by atoms with Crippen molar-refractivity contribution < 1.29 is 38.4 Å². The fourth-order valence-electron chi connectivity index (χ4n) is 13.2. The molecule has 0 spiro atoms. The molecular formula is C39H60O8. The number of aliphatic hydroxyl groups is 1. The molecule has 12 atom stereocenters. The van der Waals surface area contributed by atoms with Gasteiger partial charge in [0.1, 0.15) is 19.3 Å². The minimum absolute atomic E-state index is 0.0000102. The lowest BCUT2D eigenvalue weighted by Gasteiger charge is -2.72. The minimum Gasteiger partial charge on any atom is -0.465 e. The molecule has 6 aliphatic rings. The monoisotopic (exact) mass is 656 g/mol. The Hall–Kier alpha value is -1.93. The van der Waals surface area contributed by atoms with Gasteiger partial charge >= 0.3 is 17.9 Å². The zero-order chi connectivity index (χ0) is 34.0. The minimum atomic E-state index is -0.541. The molecule has 0 radical (unpaired) electrons. The highest BCUT2D eigenvalue weighted by Crippen LogP contribution is 2.77. The zero-order valence-corrected chi connectivity index (χ0v) is 29.9. The lowest BCUT2D eigenvalue weighted by Crippen LogP contribution is -2.68. The topological polar surface area (TPSA) is 108 Å². The summed E-state index contributed by atoms with van der Waals surface area (Å²) in [6.07, 6.45) is 11.0. The van der Waals surface area contributed by atoms with Crippen molar-refractivity contribution in [3.05, 3.63) is 12.2 Å². The van der Waals surface area contributed by atoms with E-state index in [0.29, 0.717) is 18.4 Å². The smallest absolute Gasteiger partial charge is 0.312 e. The molecule has 8 nitrogen and oxygen atoms in total. The lowest BCUT2D eigenvalue weighted by molar-refractivity contribution is -0.258. The molecule has 6 rings (SSSR count). The highest BCUT2D eigenvalue weighted by molar-refractivity contribution is 5.78. The van der Waals surface area contributed by atoms with E-state index < -0.39 is 10.8 Å². The van der Waals surface area contributed by atoms with Crippen LogP contribution >= 0.6 is 0 Å². The molecule has 5 unspecified atom stereocenters. The largest absolute Gasteiger partial charge is 0.465 e. The van der Waals surface area contributed by atoms with Crippen molar-refractivity contribution in [1.82, 2.24) is 0 Å². The van der Waals surface area contributed by atoms with E-state index in [2.05, 4.69) is 34.3 Å². The third kappa shape index (κ3) is 5.32. The van der Waals surface area contributed by atoms with Gasteiger partial charge in [0.25, 0.3) is 0 Å². The maximum absolute atomic E-state index is 14.2. The third-order valence-electron chi connectivity index (χ3n) is 15.6. The second-order valence-corrected chi connectivity index (χ2v) is 17.5. The van der Waals surface area contributed by atoms with Crippen LogP contribution in [0.5, 0.6) is 0 Å². The van der Waals surface area contributed by atoms with Gasteiger partial charge in [0.15, 0.2) is 0 Å². The summed E-state index contributed by atoms with van der Waals surface area (Å²) in [5, 5.41) is 10.3. The van der Waals surface area contributed by atoms with Gasteiger partial charge in [-0.25, -0.2) is 0 Å². The van der Waals surface area contributed by atoms with Crippen molar-refractivity contribution >= 4 is 17.9 Å². The molecule has 8 heteroatoms. The van der Waals surface area contributed by atoms with Crippen LogP contribution in [0.2, 0.25) is 0 Å². The quantitative estimate of drug-likeness (QED) is 0.172. The first-order chi connectivity index (χ1) is 22.2. The lowest BCUT2D eigenvalue weighted by atomic mass is 9.32. The van der Waals surface area contributed by atoms with Gasteiger partial charge in [0.2, 0.25) is 0 Å². The van der Waals surface area contributed by atoms with E-state index in [-0.39, 0.29) is 77.3 Å². The third-order valence-corrected chi connectivity index (χ3v) is 15.6. The molecule has 0 bridgehead atoms. The van der Waals surface area contributed by atoms with E-state index in [0.717, 1.165) is 89.2 Å². The molecule has 0 aromatic carbocycles. The van der Waals surface area contributed by atoms with Crippen molar-refractivity contribution in [3.8, 4) is 0 Å². The number of carbonyl (C=O) groups excluding carboxylic acids is 3. The number of carbonyl (C=O) groups is 3. The van der Waals surface area contributed by atoms with Crippen LogP contribution in [-0.4, -0.2) is 61.6 Å². The number of aliphatic hydroxyl groups excluding tert-OH is 1. The summed E-state index contributed by atoms with van der Waals surface area (Å²) in [4.78, 5) is 38.5. The fourth-order valence-corrected chi connectivity index (χ4v) is 13.2. The summed E-state index contributed by atoms with van der Waals surface area (Å²) < 4.78 is 23.6. The average Bonchev–Trinajstić information content (AvgIpc) is 3.69. The van der Waals surface area contributed by atoms with Crippen molar-refractivity contribution in [2.24, 2.45) is 56.7 Å². The molecule has 1 aliphatic heterocycles. The standard InChI is InChI=1S/C39H60O8/c1-24(21-40)28-12-17-39(34(43)45-22-27-9-8-20-44-27)19-18-37(6)29(33(28)39)10-11-31-35(4)15-14-32(47-26(3)42)36(5,23-46-25(2)41)30(35)13-16-38(31,37)7/h27-33,40H,1,8-23H2,2-7H3/t27?,28-,29?,30?,31?,32-,33?,35-,36-,37+,38+,39-/m0/s1. The molecule has 5 aliphatic carbocycles. The summed E-state index contributed by atoms with van der Waals surface area (Å²) in [5.41, 5.74) is -0.108. The Kier molecular flexibility index (Phi) is 9.24. The zero-order valence-electron chi connectivity index (χ0n) is 29.9. The second-order valence-electron chi connectivity index (χ2n) is 17.5. The maximum atomic E-state index is 14.2. The number of hydrogen-bond acceptors (Lipinski definition) is 8. The molecule has 0 aromatic heterocycles. The van der Waals surface area contributed by atoms with Crippen LogP contribution in [0.1, 0.15) is 119 Å². The Labute approximate surface area is 282 Å². The fraction of sp³-hybridized carbons (Fsp3) is 0.872. The molecule has 0 aromatic rings. The van der Waals surface area contributed by atoms with Crippen LogP contribution in [0.25, 0.3) is 0 Å². The Balaban J connectivity index is 1.32. The van der Waals surface area contributed by atoms with Crippen LogP contribution < -0.4 is 0 Å². The molecule has 0 amide bonds. The number of ether oxygens (including phenoxy) is 4. The predicted octanol–water partition coefficient (Wildman–Crippen LogP) is 6.81. The molecule has 264 valence electrons. The molecule has 1 heterocycles. The predicted molar refractivity (Wildman–Crippen MR) is 177 cm³/mol. The van der Waals surface area contributed by atoms with Crippen LogP contribution in [0, 0.1) is 56.7 Å². The van der Waals surface area contributed by atoms with Crippen molar-refractivity contribution in [1.29, 1.82) is 0 Å². The Morgan fingerprint density at radius 1 is 0.830 bits per heavy atom. The first-order valence-corrected chi connectivity index (χ1v) is 18.5. The SMILES string of the molecule is C=C(CO)[C@@H]1CC[C@]2(C(=O)OCC3CCCO3)CC[C@]3(C)C(CCC4[C@@]5(C)CC[C@H](OC(C)=O)[C@@](C)(COC(C)=O)C5CC[C@]43C)C12. The van der Waals surface area contributed by atoms with Crippen molar-refractivity contribution in [2.45, 2.75) is 131 Å². The number of hydrogen-bond donors (Lipinski definition) is 1. The molecule has 47 heavy (non-hydrogen) atoms. The first-order valence-electron chi connectivity index (χ1n) is 18.5. The van der Waals surface area contributed by atoms with Gasteiger partial charge in [0.05, 0.1) is 18.1 Å². The van der Waals surface area contributed by atoms with E-state index >= 15 is 0 Å². The number of fused-ring (bicyclic) bond motifs is 7. The molecule has 5 saturated carbocycles. The van der Waals surface area contributed by atoms with Crippen LogP contribution in [0.15, 0.2) is 12.2 Å². The number of rotatable bonds is 8. The summed E-state index contributed by atoms with van der Waals surface area (Å²) in [7, 11) is 0. The van der Waals surface area contributed by atoms with E-state index in [1.807, 2.05) is 0 Å². The van der Waals surface area contributed by atoms with E-state index in [9.17, 15) is 19.5 Å². The van der Waals surface area contributed by atoms with Gasteiger partial charge in [-0.1, -0.05) is 34.3 Å². The first kappa shape index (κ1) is 34.9. The van der Waals surface area contributed by atoms with Crippen LogP contribution in [-0.2, 0) is 33.3 Å². The van der Waals surface area contributed by atoms with Crippen LogP contribution in [0.3, 0.4) is 0 Å². The molecular weight excluding hydrogens is 596 g/mol. The van der Waals surface area contributed by atoms with Gasteiger partial charge in [0, 0.05) is 25.9 Å². The maximum Gasteiger partial charge on any atom is 0.312 e. The second kappa shape index (κ2) is 12.4. The van der Waals surface area contributed by atoms with Gasteiger partial charge in [-0.3, -0.25) is 14.4 Å². The Morgan fingerprint density at radius 2 is 1.60 bits per heavy atom. The molecule has 1 saturated heterocycles. The molecule has 1 N–H and O–H groups in total. The van der Waals surface area contributed by atoms with Crippen LogP contribution in [0.4, 0.5) is 0 Å². The van der Waals surface area contributed by atoms with E-state index in [1.54, 1.807) is 0 Å². The van der Waals surface area contributed by atoms with Gasteiger partial charge in [-0.2, -0.15) is 0 Å². The Morgan fingerprint density at radius 3 is 2.26 bits per heavy atom. The summed E-state index contributed by atoms with van der Waals surface area (Å²) in [6, 6.07) is 0. The number of esters is 3. The molecule has 6 fully saturated rings.